The van der Waals surface area contributed by atoms with Gasteiger partial charge in [-0.05, 0) is 12.8 Å². The molecule has 0 aromatic carbocycles. The number of carbonyl (C=O) groups is 2. The summed E-state index contributed by atoms with van der Waals surface area (Å²) in [5.41, 5.74) is 5.72. The SMILES string of the molecule is CCCCCCCCCCCCCC(=O)NC(=N)/N=C(\N)NC(=O)CCCCCCCCCCCCC. The molecule has 0 heterocycles. The van der Waals surface area contributed by atoms with Gasteiger partial charge in [-0.3, -0.25) is 25.6 Å². The Bertz CT molecular complexity index is 607. The van der Waals surface area contributed by atoms with Crippen LogP contribution < -0.4 is 16.4 Å². The van der Waals surface area contributed by atoms with Gasteiger partial charge >= 0.3 is 0 Å². The third-order valence-corrected chi connectivity index (χ3v) is 6.77. The molecule has 0 aromatic rings. The van der Waals surface area contributed by atoms with Crippen LogP contribution in [-0.4, -0.2) is 23.7 Å². The number of guanidine groups is 2. The van der Waals surface area contributed by atoms with Gasteiger partial charge in [0.05, 0.1) is 0 Å². The van der Waals surface area contributed by atoms with E-state index in [0.717, 1.165) is 38.5 Å². The van der Waals surface area contributed by atoms with E-state index in [1.165, 1.54) is 103 Å². The molecule has 0 bridgehead atoms. The fraction of sp³-hybridized carbons (Fsp3) is 0.867. The highest BCUT2D eigenvalue weighted by atomic mass is 16.2. The van der Waals surface area contributed by atoms with Crippen molar-refractivity contribution < 1.29 is 9.59 Å². The van der Waals surface area contributed by atoms with Gasteiger partial charge in [-0.15, -0.1) is 0 Å². The normalized spacial score (nSPS) is 11.5. The van der Waals surface area contributed by atoms with Crippen molar-refractivity contribution in [2.75, 3.05) is 0 Å². The van der Waals surface area contributed by atoms with Crippen molar-refractivity contribution in [1.29, 1.82) is 5.41 Å². The maximum Gasteiger partial charge on any atom is 0.226 e. The number of nitrogens with two attached hydrogens (primary N) is 1. The van der Waals surface area contributed by atoms with Crippen LogP contribution in [0.4, 0.5) is 0 Å². The van der Waals surface area contributed by atoms with E-state index in [1.54, 1.807) is 0 Å². The van der Waals surface area contributed by atoms with E-state index < -0.39 is 0 Å². The fourth-order valence-electron chi connectivity index (χ4n) is 4.48. The lowest BCUT2D eigenvalue weighted by molar-refractivity contribution is -0.120. The summed E-state index contributed by atoms with van der Waals surface area (Å²) >= 11 is 0. The Kier molecular flexibility index (Phi) is 25.7. The van der Waals surface area contributed by atoms with Crippen LogP contribution in [0.5, 0.6) is 0 Å². The highest BCUT2D eigenvalue weighted by Crippen LogP contribution is 2.13. The second kappa shape index (κ2) is 27.1. The molecule has 0 aliphatic heterocycles. The Hall–Kier alpha value is -1.92. The molecule has 37 heavy (non-hydrogen) atoms. The van der Waals surface area contributed by atoms with Gasteiger partial charge in [0.15, 0.2) is 0 Å². The molecule has 7 heteroatoms. The van der Waals surface area contributed by atoms with Gasteiger partial charge in [0, 0.05) is 12.8 Å². The van der Waals surface area contributed by atoms with Crippen molar-refractivity contribution >= 4 is 23.7 Å². The van der Waals surface area contributed by atoms with Crippen LogP contribution in [0.25, 0.3) is 0 Å². The second-order valence-electron chi connectivity index (χ2n) is 10.5. The molecule has 0 aromatic heterocycles. The molecular weight excluding hydrogens is 462 g/mol. The van der Waals surface area contributed by atoms with Crippen molar-refractivity contribution in [3.8, 4) is 0 Å². The summed E-state index contributed by atoms with van der Waals surface area (Å²) in [4.78, 5) is 27.8. The van der Waals surface area contributed by atoms with E-state index in [0.29, 0.717) is 12.8 Å². The number of aliphatic imine (C=N–C) groups is 1. The monoisotopic (exact) mass is 521 g/mol. The van der Waals surface area contributed by atoms with E-state index in [4.69, 9.17) is 11.1 Å². The van der Waals surface area contributed by atoms with Crippen molar-refractivity contribution in [3.63, 3.8) is 0 Å². The molecule has 0 atom stereocenters. The maximum absolute atomic E-state index is 12.0. The van der Waals surface area contributed by atoms with Gasteiger partial charge in [0.25, 0.3) is 0 Å². The van der Waals surface area contributed by atoms with Gasteiger partial charge in [-0.1, -0.05) is 142 Å². The first kappa shape index (κ1) is 35.1. The third-order valence-electron chi connectivity index (χ3n) is 6.77. The number of carbonyl (C=O) groups excluding carboxylic acids is 2. The minimum atomic E-state index is -0.333. The third kappa shape index (κ3) is 26.9. The Morgan fingerprint density at radius 3 is 1.19 bits per heavy atom. The number of amides is 2. The molecular formula is C30H59N5O2. The van der Waals surface area contributed by atoms with Gasteiger partial charge in [-0.25, -0.2) is 0 Å². The summed E-state index contributed by atoms with van der Waals surface area (Å²) in [7, 11) is 0. The Morgan fingerprint density at radius 2 is 0.838 bits per heavy atom. The minimum Gasteiger partial charge on any atom is -0.369 e. The summed E-state index contributed by atoms with van der Waals surface area (Å²) in [6, 6.07) is 0. The summed E-state index contributed by atoms with van der Waals surface area (Å²) < 4.78 is 0. The molecule has 0 saturated carbocycles. The van der Waals surface area contributed by atoms with Crippen LogP contribution >= 0.6 is 0 Å². The highest BCUT2D eigenvalue weighted by molar-refractivity contribution is 6.04. The van der Waals surface area contributed by atoms with Crippen molar-refractivity contribution in [2.45, 2.75) is 168 Å². The number of unbranched alkanes of at least 4 members (excludes halogenated alkanes) is 20. The highest BCUT2D eigenvalue weighted by Gasteiger charge is 2.07. The quantitative estimate of drug-likeness (QED) is 0.0587. The molecule has 2 amide bonds. The maximum atomic E-state index is 12.0. The zero-order valence-electron chi connectivity index (χ0n) is 24.3. The number of nitrogens with zero attached hydrogens (tertiary/aromatic N) is 1. The summed E-state index contributed by atoms with van der Waals surface area (Å²) in [5, 5.41) is 12.7. The smallest absolute Gasteiger partial charge is 0.226 e. The van der Waals surface area contributed by atoms with Crippen LogP contribution in [0.3, 0.4) is 0 Å². The average molecular weight is 522 g/mol. The Balaban J connectivity index is 3.67. The lowest BCUT2D eigenvalue weighted by Gasteiger charge is -2.06. The standard InChI is InChI=1S/C30H59N5O2/c1-3-5-7-9-11-13-15-17-19-21-23-25-27(36)33-29(31)35-30(32)34-28(37)26-24-22-20-18-16-14-12-10-8-6-4-2/h3-26H2,1-2H3,(H5,31,32,33,34,35,36,37). The van der Waals surface area contributed by atoms with Crippen LogP contribution in [-0.2, 0) is 9.59 Å². The minimum absolute atomic E-state index is 0.145. The largest absolute Gasteiger partial charge is 0.369 e. The van der Waals surface area contributed by atoms with Crippen molar-refractivity contribution in [3.05, 3.63) is 0 Å². The lowest BCUT2D eigenvalue weighted by Crippen LogP contribution is -2.39. The van der Waals surface area contributed by atoms with Crippen molar-refractivity contribution in [1.82, 2.24) is 10.6 Å². The number of rotatable bonds is 24. The van der Waals surface area contributed by atoms with Crippen LogP contribution in [0.1, 0.15) is 168 Å². The van der Waals surface area contributed by atoms with Crippen LogP contribution in [0.15, 0.2) is 4.99 Å². The predicted molar refractivity (Wildman–Crippen MR) is 158 cm³/mol. The number of hydrogen-bond acceptors (Lipinski definition) is 3. The predicted octanol–water partition coefficient (Wildman–Crippen LogP) is 7.87. The van der Waals surface area contributed by atoms with Gasteiger partial charge < -0.3 is 5.73 Å². The molecule has 0 radical (unpaired) electrons. The van der Waals surface area contributed by atoms with E-state index in [9.17, 15) is 9.59 Å². The van der Waals surface area contributed by atoms with Crippen LogP contribution in [0.2, 0.25) is 0 Å². The molecule has 7 nitrogen and oxygen atoms in total. The van der Waals surface area contributed by atoms with Crippen LogP contribution in [0, 0.1) is 5.41 Å². The Labute approximate surface area is 228 Å². The van der Waals surface area contributed by atoms with E-state index in [2.05, 4.69) is 29.5 Å². The number of nitrogens with one attached hydrogen (secondary N) is 3. The first-order valence-corrected chi connectivity index (χ1v) is 15.5. The van der Waals surface area contributed by atoms with E-state index >= 15 is 0 Å². The van der Waals surface area contributed by atoms with Gasteiger partial charge in [0.2, 0.25) is 23.7 Å². The molecule has 0 spiro atoms. The van der Waals surface area contributed by atoms with Crippen molar-refractivity contribution in [2.24, 2.45) is 10.7 Å². The Morgan fingerprint density at radius 1 is 0.541 bits per heavy atom. The second-order valence-corrected chi connectivity index (χ2v) is 10.5. The first-order chi connectivity index (χ1) is 18.0. The molecule has 0 aliphatic carbocycles. The zero-order chi connectivity index (χ0) is 27.4. The fourth-order valence-corrected chi connectivity index (χ4v) is 4.48. The van der Waals surface area contributed by atoms with E-state index in [1.807, 2.05) is 0 Å². The first-order valence-electron chi connectivity index (χ1n) is 15.5. The van der Waals surface area contributed by atoms with Gasteiger partial charge in [-0.2, -0.15) is 4.99 Å². The molecule has 216 valence electrons. The molecule has 0 aliphatic rings. The topological polar surface area (TPSA) is 120 Å². The molecule has 5 N–H and O–H groups in total. The molecule has 0 fully saturated rings. The van der Waals surface area contributed by atoms with Gasteiger partial charge in [0.1, 0.15) is 0 Å². The molecule has 0 saturated heterocycles. The summed E-state index contributed by atoms with van der Waals surface area (Å²) in [6.07, 6.45) is 27.8. The summed E-state index contributed by atoms with van der Waals surface area (Å²) in [5.74, 6) is -0.907. The number of hydrogen-bond donors (Lipinski definition) is 4. The lowest BCUT2D eigenvalue weighted by atomic mass is 10.1. The summed E-state index contributed by atoms with van der Waals surface area (Å²) in [6.45, 7) is 4.49. The molecule has 0 unspecified atom stereocenters. The average Bonchev–Trinajstić information content (AvgIpc) is 2.85. The van der Waals surface area contributed by atoms with E-state index in [-0.39, 0.29) is 23.7 Å². The zero-order valence-corrected chi connectivity index (χ0v) is 24.3. The molecule has 0 rings (SSSR count).